The zero-order valence-corrected chi connectivity index (χ0v) is 19.7. The van der Waals surface area contributed by atoms with Gasteiger partial charge >= 0.3 is 16.5 Å². The van der Waals surface area contributed by atoms with Gasteiger partial charge in [0.1, 0.15) is 28.2 Å². The molecule has 1 heterocycles. The summed E-state index contributed by atoms with van der Waals surface area (Å²) in [6, 6.07) is 18.7. The van der Waals surface area contributed by atoms with Gasteiger partial charge in [0, 0.05) is 31.6 Å². The van der Waals surface area contributed by atoms with E-state index in [-0.39, 0.29) is 22.5 Å². The molecule has 0 atom stereocenters. The number of halogens is 3. The van der Waals surface area contributed by atoms with Crippen LogP contribution >= 0.6 is 0 Å². The number of anilines is 1. The third kappa shape index (κ3) is 6.82. The number of ether oxygens (including phenoxy) is 2. The lowest BCUT2D eigenvalue weighted by atomic mass is 10.1. The van der Waals surface area contributed by atoms with Crippen LogP contribution in [0.3, 0.4) is 0 Å². The number of hydrogen-bond donors (Lipinski definition) is 0. The zero-order valence-electron chi connectivity index (χ0n) is 18.9. The summed E-state index contributed by atoms with van der Waals surface area (Å²) < 4.78 is 76.8. The van der Waals surface area contributed by atoms with Gasteiger partial charge in [-0.25, -0.2) is 0 Å². The number of aryl methyl sites for hydroxylation is 1. The van der Waals surface area contributed by atoms with Crippen molar-refractivity contribution in [3.05, 3.63) is 78.4 Å². The molecule has 0 aliphatic carbocycles. The Morgan fingerprint density at radius 1 is 0.800 bits per heavy atom. The summed E-state index contributed by atoms with van der Waals surface area (Å²) >= 11 is 0. The predicted octanol–water partition coefficient (Wildman–Crippen LogP) is 5.71. The van der Waals surface area contributed by atoms with Crippen molar-refractivity contribution in [2.45, 2.75) is 37.1 Å². The summed E-state index contributed by atoms with van der Waals surface area (Å²) in [5, 5.41) is 0. The van der Waals surface area contributed by atoms with Gasteiger partial charge in [0.05, 0.1) is 0 Å². The quantitative estimate of drug-likeness (QED) is 0.382. The Kier molecular flexibility index (Phi) is 7.11. The molecule has 6 nitrogen and oxygen atoms in total. The third-order valence-electron chi connectivity index (χ3n) is 5.52. The highest BCUT2D eigenvalue weighted by molar-refractivity contribution is 7.87. The van der Waals surface area contributed by atoms with Gasteiger partial charge in [-0.1, -0.05) is 17.7 Å². The number of hydrogen-bond acceptors (Lipinski definition) is 6. The van der Waals surface area contributed by atoms with Crippen molar-refractivity contribution in [2.24, 2.45) is 0 Å². The molecule has 0 saturated carbocycles. The maximum Gasteiger partial charge on any atom is 0.573 e. The van der Waals surface area contributed by atoms with Crippen LogP contribution in [0.4, 0.5) is 18.9 Å². The van der Waals surface area contributed by atoms with E-state index in [1.165, 1.54) is 36.4 Å². The average molecular weight is 508 g/mol. The first-order valence-corrected chi connectivity index (χ1v) is 12.4. The Labute approximate surface area is 202 Å². The van der Waals surface area contributed by atoms with Crippen LogP contribution in [0.5, 0.6) is 17.2 Å². The van der Waals surface area contributed by atoms with Crippen molar-refractivity contribution in [3.8, 4) is 17.2 Å². The van der Waals surface area contributed by atoms with Crippen LogP contribution in [-0.4, -0.2) is 34.0 Å². The van der Waals surface area contributed by atoms with Crippen LogP contribution in [-0.2, 0) is 10.1 Å². The van der Waals surface area contributed by atoms with E-state index in [1.54, 1.807) is 36.4 Å². The van der Waals surface area contributed by atoms with Crippen molar-refractivity contribution in [1.82, 2.24) is 0 Å². The number of rotatable bonds is 7. The average Bonchev–Trinajstić information content (AvgIpc) is 2.81. The minimum Gasteiger partial charge on any atom is -0.490 e. The van der Waals surface area contributed by atoms with Crippen molar-refractivity contribution < 1.29 is 35.2 Å². The van der Waals surface area contributed by atoms with Gasteiger partial charge in [-0.05, 0) is 67.6 Å². The fourth-order valence-corrected chi connectivity index (χ4v) is 4.67. The maximum absolute atomic E-state index is 12.5. The van der Waals surface area contributed by atoms with Gasteiger partial charge in [-0.2, -0.15) is 8.42 Å². The van der Waals surface area contributed by atoms with E-state index in [1.807, 2.05) is 6.92 Å². The van der Waals surface area contributed by atoms with E-state index in [4.69, 9.17) is 8.92 Å². The summed E-state index contributed by atoms with van der Waals surface area (Å²) in [4.78, 5) is 2.25. The van der Waals surface area contributed by atoms with E-state index < -0.39 is 16.5 Å². The third-order valence-corrected chi connectivity index (χ3v) is 6.78. The van der Waals surface area contributed by atoms with Gasteiger partial charge in [-0.3, -0.25) is 0 Å². The molecule has 0 radical (unpaired) electrons. The Hall–Kier alpha value is -3.40. The highest BCUT2D eigenvalue weighted by Crippen LogP contribution is 2.28. The largest absolute Gasteiger partial charge is 0.573 e. The van der Waals surface area contributed by atoms with Gasteiger partial charge in [0.15, 0.2) is 0 Å². The lowest BCUT2D eigenvalue weighted by molar-refractivity contribution is -0.274. The first-order valence-electron chi connectivity index (χ1n) is 11.0. The molecule has 1 saturated heterocycles. The molecule has 0 amide bonds. The van der Waals surface area contributed by atoms with Crippen LogP contribution in [0.25, 0.3) is 0 Å². The monoisotopic (exact) mass is 507 g/mol. The van der Waals surface area contributed by atoms with Crippen LogP contribution in [0.2, 0.25) is 0 Å². The van der Waals surface area contributed by atoms with Crippen molar-refractivity contribution in [3.63, 3.8) is 0 Å². The Morgan fingerprint density at radius 2 is 1.34 bits per heavy atom. The number of benzene rings is 3. The Morgan fingerprint density at radius 3 is 1.91 bits per heavy atom. The van der Waals surface area contributed by atoms with Crippen LogP contribution in [0.15, 0.2) is 77.7 Å². The summed E-state index contributed by atoms with van der Waals surface area (Å²) in [7, 11) is -3.91. The lowest BCUT2D eigenvalue weighted by Crippen LogP contribution is -2.38. The summed E-state index contributed by atoms with van der Waals surface area (Å²) in [6.45, 7) is 3.29. The molecule has 4 rings (SSSR count). The molecule has 0 bridgehead atoms. The Bertz CT molecular complexity index is 1220. The molecular formula is C25H24F3NO5S. The standard InChI is InChI=1S/C25H24F3NO5S/c1-18-2-12-24(13-3-18)35(30,31)34-23-6-4-19(5-7-23)29-16-14-21(15-17-29)32-20-8-10-22(11-9-20)33-25(26,27)28/h2-13,21H,14-17H2,1H3. The van der Waals surface area contributed by atoms with E-state index in [0.717, 1.165) is 24.1 Å². The molecule has 3 aromatic carbocycles. The highest BCUT2D eigenvalue weighted by atomic mass is 32.2. The molecule has 186 valence electrons. The first kappa shape index (κ1) is 24.7. The molecule has 0 aromatic heterocycles. The molecular weight excluding hydrogens is 483 g/mol. The smallest absolute Gasteiger partial charge is 0.490 e. The minimum absolute atomic E-state index is 0.0668. The van der Waals surface area contributed by atoms with Gasteiger partial charge in [0.2, 0.25) is 0 Å². The molecule has 0 unspecified atom stereocenters. The molecule has 0 N–H and O–H groups in total. The van der Waals surface area contributed by atoms with Crippen LogP contribution < -0.4 is 18.6 Å². The second-order valence-corrected chi connectivity index (χ2v) is 9.71. The maximum atomic E-state index is 12.5. The summed E-state index contributed by atoms with van der Waals surface area (Å²) in [5.41, 5.74) is 1.88. The molecule has 3 aromatic rings. The van der Waals surface area contributed by atoms with Crippen molar-refractivity contribution in [2.75, 3.05) is 18.0 Å². The van der Waals surface area contributed by atoms with Gasteiger partial charge < -0.3 is 18.6 Å². The minimum atomic E-state index is -4.73. The fraction of sp³-hybridized carbons (Fsp3) is 0.280. The first-order chi connectivity index (χ1) is 16.6. The van der Waals surface area contributed by atoms with Crippen molar-refractivity contribution in [1.29, 1.82) is 0 Å². The molecule has 1 fully saturated rings. The number of alkyl halides is 3. The number of nitrogens with zero attached hydrogens (tertiary/aromatic N) is 1. The molecule has 0 spiro atoms. The molecule has 35 heavy (non-hydrogen) atoms. The molecule has 1 aliphatic heterocycles. The van der Waals surface area contributed by atoms with E-state index in [0.29, 0.717) is 18.8 Å². The van der Waals surface area contributed by atoms with E-state index in [9.17, 15) is 21.6 Å². The topological polar surface area (TPSA) is 65.1 Å². The van der Waals surface area contributed by atoms with E-state index >= 15 is 0 Å². The van der Waals surface area contributed by atoms with E-state index in [2.05, 4.69) is 9.64 Å². The zero-order chi connectivity index (χ0) is 25.1. The summed E-state index contributed by atoms with van der Waals surface area (Å²) in [5.74, 6) is 0.415. The number of piperidine rings is 1. The second-order valence-electron chi connectivity index (χ2n) is 8.17. The van der Waals surface area contributed by atoms with Gasteiger partial charge in [0.25, 0.3) is 0 Å². The normalized spacial score (nSPS) is 15.0. The molecule has 10 heteroatoms. The highest BCUT2D eigenvalue weighted by Gasteiger charge is 2.31. The molecule has 1 aliphatic rings. The predicted molar refractivity (Wildman–Crippen MR) is 124 cm³/mol. The van der Waals surface area contributed by atoms with Crippen LogP contribution in [0, 0.1) is 6.92 Å². The summed E-state index contributed by atoms with van der Waals surface area (Å²) in [6.07, 6.45) is -3.35. The SMILES string of the molecule is Cc1ccc(S(=O)(=O)Oc2ccc(N3CCC(Oc4ccc(OC(F)(F)F)cc4)CC3)cc2)cc1. The Balaban J connectivity index is 1.29. The second kappa shape index (κ2) is 10.1. The van der Waals surface area contributed by atoms with Gasteiger partial charge in [-0.15, -0.1) is 13.2 Å². The van der Waals surface area contributed by atoms with Crippen LogP contribution in [0.1, 0.15) is 18.4 Å². The van der Waals surface area contributed by atoms with Crippen molar-refractivity contribution >= 4 is 15.8 Å². The lowest BCUT2D eigenvalue weighted by Gasteiger charge is -2.33. The fourth-order valence-electron chi connectivity index (χ4n) is 3.74.